The third kappa shape index (κ3) is 3.36. The third-order valence-corrected chi connectivity index (χ3v) is 5.15. The van der Waals surface area contributed by atoms with E-state index in [1.54, 1.807) is 19.5 Å². The van der Waals surface area contributed by atoms with Gasteiger partial charge in [0, 0.05) is 24.4 Å². The molecule has 1 aliphatic carbocycles. The monoisotopic (exact) mass is 381 g/mol. The van der Waals surface area contributed by atoms with Crippen molar-refractivity contribution in [1.82, 2.24) is 24.5 Å². The minimum atomic E-state index is -0.441. The molecule has 0 saturated heterocycles. The first-order valence-corrected chi connectivity index (χ1v) is 9.17. The number of imidazole rings is 1. The van der Waals surface area contributed by atoms with Crippen LogP contribution in [0.5, 0.6) is 6.01 Å². The van der Waals surface area contributed by atoms with Gasteiger partial charge in [-0.25, -0.2) is 4.98 Å². The average molecular weight is 381 g/mol. The van der Waals surface area contributed by atoms with Crippen molar-refractivity contribution in [2.45, 2.75) is 26.0 Å². The van der Waals surface area contributed by atoms with Gasteiger partial charge in [-0.15, -0.1) is 9.24 Å². The van der Waals surface area contributed by atoms with Gasteiger partial charge in [-0.3, -0.25) is 4.98 Å². The summed E-state index contributed by atoms with van der Waals surface area (Å²) in [7, 11) is 4.29. The number of methoxy groups -OCH3 is 1. The molecule has 4 rings (SSSR count). The number of aliphatic hydroxyl groups excluding tert-OH is 1. The fourth-order valence-corrected chi connectivity index (χ4v) is 3.58. The number of aromatic nitrogens is 5. The predicted molar refractivity (Wildman–Crippen MR) is 106 cm³/mol. The highest BCUT2D eigenvalue weighted by molar-refractivity contribution is 7.22. The van der Waals surface area contributed by atoms with Gasteiger partial charge >= 0.3 is 6.01 Å². The van der Waals surface area contributed by atoms with E-state index in [9.17, 15) is 5.11 Å². The van der Waals surface area contributed by atoms with Crippen LogP contribution in [0, 0.1) is 6.92 Å². The van der Waals surface area contributed by atoms with Gasteiger partial charge in [0.2, 0.25) is 0 Å². The van der Waals surface area contributed by atoms with E-state index in [1.165, 1.54) is 0 Å². The second-order valence-corrected chi connectivity index (χ2v) is 7.11. The second-order valence-electron chi connectivity index (χ2n) is 6.41. The van der Waals surface area contributed by atoms with Crippen LogP contribution < -0.4 is 4.74 Å². The molecule has 138 valence electrons. The molecule has 7 nitrogen and oxygen atoms in total. The van der Waals surface area contributed by atoms with Gasteiger partial charge in [0.25, 0.3) is 0 Å². The molecule has 2 atom stereocenters. The molecule has 1 aliphatic rings. The maximum absolute atomic E-state index is 9.83. The largest absolute Gasteiger partial charge is 0.467 e. The van der Waals surface area contributed by atoms with Gasteiger partial charge in [0.15, 0.2) is 5.65 Å². The van der Waals surface area contributed by atoms with Crippen molar-refractivity contribution < 1.29 is 9.84 Å². The fourth-order valence-electron chi connectivity index (χ4n) is 3.15. The predicted octanol–water partition coefficient (Wildman–Crippen LogP) is 2.66. The Labute approximate surface area is 159 Å². The smallest absolute Gasteiger partial charge is 0.318 e. The highest BCUT2D eigenvalue weighted by atomic mass is 31.0. The summed E-state index contributed by atoms with van der Waals surface area (Å²) < 4.78 is 7.31. The van der Waals surface area contributed by atoms with E-state index in [0.717, 1.165) is 33.5 Å². The van der Waals surface area contributed by atoms with Crippen LogP contribution in [0.4, 0.5) is 0 Å². The zero-order valence-electron chi connectivity index (χ0n) is 15.1. The molecule has 2 unspecified atom stereocenters. The minimum Gasteiger partial charge on any atom is -0.467 e. The Bertz CT molecular complexity index is 1060. The number of rotatable bonds is 4. The summed E-state index contributed by atoms with van der Waals surface area (Å²) >= 11 is 0. The van der Waals surface area contributed by atoms with E-state index in [1.807, 2.05) is 35.8 Å². The van der Waals surface area contributed by atoms with Crippen LogP contribution in [0.15, 0.2) is 47.6 Å². The molecule has 3 aromatic rings. The van der Waals surface area contributed by atoms with Crippen LogP contribution in [-0.2, 0) is 6.54 Å². The van der Waals surface area contributed by atoms with Crippen LogP contribution in [0.2, 0.25) is 0 Å². The molecule has 0 aliphatic heterocycles. The first kappa shape index (κ1) is 17.8. The number of allylic oxidation sites excluding steroid dienone is 2. The third-order valence-electron chi connectivity index (χ3n) is 4.54. The van der Waals surface area contributed by atoms with E-state index in [0.29, 0.717) is 24.6 Å². The van der Waals surface area contributed by atoms with Gasteiger partial charge in [-0.05, 0) is 29.9 Å². The topological polar surface area (TPSA) is 86.0 Å². The zero-order valence-corrected chi connectivity index (χ0v) is 16.3. The van der Waals surface area contributed by atoms with Gasteiger partial charge in [0.05, 0.1) is 25.5 Å². The Kier molecular flexibility index (Phi) is 4.72. The van der Waals surface area contributed by atoms with E-state index >= 15 is 0 Å². The van der Waals surface area contributed by atoms with Crippen molar-refractivity contribution >= 4 is 20.4 Å². The van der Waals surface area contributed by atoms with Crippen LogP contribution in [-0.4, -0.2) is 42.8 Å². The Morgan fingerprint density at radius 2 is 2.19 bits per heavy atom. The van der Waals surface area contributed by atoms with Crippen molar-refractivity contribution in [3.8, 4) is 17.4 Å². The Hall–Kier alpha value is -2.63. The van der Waals surface area contributed by atoms with Crippen molar-refractivity contribution in [3.05, 3.63) is 53.3 Å². The lowest BCUT2D eigenvalue weighted by Gasteiger charge is -2.18. The summed E-state index contributed by atoms with van der Waals surface area (Å²) in [4.78, 5) is 17.9. The maximum Gasteiger partial charge on any atom is 0.318 e. The molecule has 0 fully saturated rings. The fraction of sp³-hybridized carbons (Fsp3) is 0.263. The summed E-state index contributed by atoms with van der Waals surface area (Å²) in [6, 6.07) is 4.17. The standard InChI is InChI=1S/C19H20N5O2P/c1-11-16-18(23-19(21-11)26-2)24(10-13-5-6-14(25)8-15(13)27)17(22-16)12-4-3-7-20-9-12/h3-7,9,14,25H,8,10,27H2,1-2H3. The highest BCUT2D eigenvalue weighted by Crippen LogP contribution is 2.30. The molecular weight excluding hydrogens is 361 g/mol. The van der Waals surface area contributed by atoms with Crippen molar-refractivity contribution in [3.63, 3.8) is 0 Å². The summed E-state index contributed by atoms with van der Waals surface area (Å²) in [5.74, 6) is 0.772. The number of aliphatic hydroxyl groups is 1. The first-order valence-electron chi connectivity index (χ1n) is 8.60. The van der Waals surface area contributed by atoms with Crippen LogP contribution >= 0.6 is 9.24 Å². The second kappa shape index (κ2) is 7.18. The number of pyridine rings is 1. The lowest BCUT2D eigenvalue weighted by molar-refractivity contribution is 0.224. The molecule has 0 radical (unpaired) electrons. The molecule has 27 heavy (non-hydrogen) atoms. The Balaban J connectivity index is 1.92. The summed E-state index contributed by atoms with van der Waals surface area (Å²) in [5.41, 5.74) is 4.21. The van der Waals surface area contributed by atoms with Gasteiger partial charge in [-0.2, -0.15) is 9.97 Å². The number of ether oxygens (including phenoxy) is 1. The van der Waals surface area contributed by atoms with Crippen LogP contribution in [0.25, 0.3) is 22.6 Å². The Morgan fingerprint density at radius 3 is 2.89 bits per heavy atom. The molecule has 0 bridgehead atoms. The molecule has 1 N–H and O–H groups in total. The molecule has 3 heterocycles. The summed E-state index contributed by atoms with van der Waals surface area (Å²) in [5, 5.41) is 10.9. The van der Waals surface area contributed by atoms with Crippen LogP contribution in [0.3, 0.4) is 0 Å². The molecule has 0 spiro atoms. The SMILES string of the molecule is COc1nc(C)c2nc(-c3cccnc3)n(CC3=C(P)CC(O)C=C3)c2n1. The summed E-state index contributed by atoms with van der Waals surface area (Å²) in [6.45, 7) is 2.47. The minimum absolute atomic E-state index is 0.313. The van der Waals surface area contributed by atoms with Gasteiger partial charge in [-0.1, -0.05) is 12.2 Å². The zero-order chi connectivity index (χ0) is 19.0. The molecule has 8 heteroatoms. The number of hydrogen-bond donors (Lipinski definition) is 1. The van der Waals surface area contributed by atoms with E-state index in [-0.39, 0.29) is 0 Å². The van der Waals surface area contributed by atoms with E-state index < -0.39 is 6.10 Å². The first-order chi connectivity index (χ1) is 13.1. The lowest BCUT2D eigenvalue weighted by Crippen LogP contribution is -2.11. The van der Waals surface area contributed by atoms with Crippen molar-refractivity contribution in [2.75, 3.05) is 7.11 Å². The number of fused-ring (bicyclic) bond motifs is 1. The van der Waals surface area contributed by atoms with Crippen LogP contribution in [0.1, 0.15) is 12.1 Å². The average Bonchev–Trinajstić information content (AvgIpc) is 3.03. The molecule has 0 amide bonds. The quantitative estimate of drug-likeness (QED) is 0.700. The highest BCUT2D eigenvalue weighted by Gasteiger charge is 2.20. The lowest BCUT2D eigenvalue weighted by atomic mass is 10.0. The van der Waals surface area contributed by atoms with Crippen molar-refractivity contribution in [1.29, 1.82) is 0 Å². The maximum atomic E-state index is 9.83. The number of hydrogen-bond acceptors (Lipinski definition) is 6. The van der Waals surface area contributed by atoms with Crippen molar-refractivity contribution in [2.24, 2.45) is 0 Å². The van der Waals surface area contributed by atoms with E-state index in [4.69, 9.17) is 9.72 Å². The number of nitrogens with zero attached hydrogens (tertiary/aromatic N) is 5. The molecule has 0 saturated carbocycles. The van der Waals surface area contributed by atoms with E-state index in [2.05, 4.69) is 24.2 Å². The molecule has 3 aromatic heterocycles. The van der Waals surface area contributed by atoms with Gasteiger partial charge in [0.1, 0.15) is 11.3 Å². The Morgan fingerprint density at radius 1 is 1.33 bits per heavy atom. The molecular formula is C19H20N5O2P. The normalized spacial score (nSPS) is 17.0. The summed E-state index contributed by atoms with van der Waals surface area (Å²) in [6.07, 6.45) is 7.45. The van der Waals surface area contributed by atoms with Gasteiger partial charge < -0.3 is 14.4 Å². The molecule has 0 aromatic carbocycles. The number of aryl methyl sites for hydroxylation is 1.